The van der Waals surface area contributed by atoms with E-state index in [9.17, 15) is 4.79 Å². The molecule has 2 rings (SSSR count). The molecule has 1 aromatic heterocycles. The van der Waals surface area contributed by atoms with Crippen molar-refractivity contribution in [2.75, 3.05) is 18.5 Å². The number of carbonyl (C=O) groups is 1. The van der Waals surface area contributed by atoms with Crippen LogP contribution in [0.3, 0.4) is 0 Å². The number of nitrogens with one attached hydrogen (secondary N) is 1. The van der Waals surface area contributed by atoms with Gasteiger partial charge in [-0.15, -0.1) is 0 Å². The highest BCUT2D eigenvalue weighted by atomic mass is 16.5. The molecule has 0 aromatic carbocycles. The van der Waals surface area contributed by atoms with Gasteiger partial charge in [0.15, 0.2) is 0 Å². The molecule has 2 heterocycles. The Balaban J connectivity index is 2.11. The maximum absolute atomic E-state index is 11.8. The predicted molar refractivity (Wildman–Crippen MR) is 55.5 cm³/mol. The second-order valence-electron chi connectivity index (χ2n) is 3.69. The van der Waals surface area contributed by atoms with Crippen LogP contribution in [0.5, 0.6) is 0 Å². The lowest BCUT2D eigenvalue weighted by molar-refractivity contribution is -0.119. The fourth-order valence-electron chi connectivity index (χ4n) is 1.63. The smallest absolute Gasteiger partial charge is 0.231 e. The van der Waals surface area contributed by atoms with Gasteiger partial charge < -0.3 is 10.1 Å². The number of nitrogens with zero attached hydrogens (tertiary/aromatic N) is 3. The molecule has 1 unspecified atom stereocenters. The molecule has 6 heteroatoms. The fourth-order valence-corrected chi connectivity index (χ4v) is 1.63. The summed E-state index contributed by atoms with van der Waals surface area (Å²) in [6, 6.07) is 1.98. The van der Waals surface area contributed by atoms with E-state index in [0.717, 1.165) is 6.42 Å². The summed E-state index contributed by atoms with van der Waals surface area (Å²) in [6.45, 7) is 1.07. The van der Waals surface area contributed by atoms with Crippen LogP contribution in [0, 0.1) is 17.2 Å². The molecule has 1 fully saturated rings. The van der Waals surface area contributed by atoms with Gasteiger partial charge in [-0.05, 0) is 6.42 Å². The van der Waals surface area contributed by atoms with Crippen LogP contribution in [-0.2, 0) is 16.6 Å². The van der Waals surface area contributed by atoms with Crippen LogP contribution in [0.4, 0.5) is 5.82 Å². The summed E-state index contributed by atoms with van der Waals surface area (Å²) in [6.07, 6.45) is 2.16. The van der Waals surface area contributed by atoms with Crippen LogP contribution < -0.4 is 5.32 Å². The quantitative estimate of drug-likeness (QED) is 0.775. The van der Waals surface area contributed by atoms with E-state index in [1.54, 1.807) is 7.05 Å². The number of carbonyl (C=O) groups excluding carboxylic acids is 1. The zero-order valence-electron chi connectivity index (χ0n) is 8.93. The number of hydrogen-bond acceptors (Lipinski definition) is 4. The summed E-state index contributed by atoms with van der Waals surface area (Å²) in [5, 5.41) is 15.5. The molecular weight excluding hydrogens is 208 g/mol. The van der Waals surface area contributed by atoms with Crippen LogP contribution in [-0.4, -0.2) is 28.9 Å². The highest BCUT2D eigenvalue weighted by Crippen LogP contribution is 2.17. The highest BCUT2D eigenvalue weighted by Gasteiger charge is 2.24. The molecule has 1 aliphatic heterocycles. The minimum Gasteiger partial charge on any atom is -0.381 e. The van der Waals surface area contributed by atoms with Gasteiger partial charge in [0, 0.05) is 13.7 Å². The number of aromatic nitrogens is 2. The standard InChI is InChI=1S/C10H12N4O2/c1-14-9(8(4-11)5-12-14)13-10(15)7-2-3-16-6-7/h5,7H,2-3,6H2,1H3,(H,13,15). The summed E-state index contributed by atoms with van der Waals surface area (Å²) in [4.78, 5) is 11.8. The van der Waals surface area contributed by atoms with E-state index in [1.807, 2.05) is 6.07 Å². The van der Waals surface area contributed by atoms with E-state index in [2.05, 4.69) is 10.4 Å². The summed E-state index contributed by atoms with van der Waals surface area (Å²) in [5.74, 6) is 0.207. The Bertz CT molecular complexity index is 440. The van der Waals surface area contributed by atoms with Crippen LogP contribution in [0.15, 0.2) is 6.20 Å². The summed E-state index contributed by atoms with van der Waals surface area (Å²) in [7, 11) is 1.68. The Morgan fingerprint density at radius 1 is 1.81 bits per heavy atom. The van der Waals surface area contributed by atoms with E-state index in [0.29, 0.717) is 24.6 Å². The molecule has 1 saturated heterocycles. The van der Waals surface area contributed by atoms with E-state index in [-0.39, 0.29) is 11.8 Å². The van der Waals surface area contributed by atoms with Gasteiger partial charge >= 0.3 is 0 Å². The van der Waals surface area contributed by atoms with Gasteiger partial charge in [-0.3, -0.25) is 9.48 Å². The first-order valence-electron chi connectivity index (χ1n) is 5.03. The maximum atomic E-state index is 11.8. The summed E-state index contributed by atoms with van der Waals surface area (Å²) in [5.41, 5.74) is 0.370. The number of ether oxygens (including phenoxy) is 1. The first-order chi connectivity index (χ1) is 7.72. The molecule has 1 aromatic rings. The van der Waals surface area contributed by atoms with Gasteiger partial charge in [0.05, 0.1) is 18.7 Å². The van der Waals surface area contributed by atoms with Crippen molar-refractivity contribution >= 4 is 11.7 Å². The molecule has 1 amide bonds. The third-order valence-electron chi connectivity index (χ3n) is 2.60. The number of amides is 1. The lowest BCUT2D eigenvalue weighted by Gasteiger charge is -2.09. The van der Waals surface area contributed by atoms with E-state index in [4.69, 9.17) is 10.00 Å². The zero-order valence-corrected chi connectivity index (χ0v) is 8.93. The van der Waals surface area contributed by atoms with Crippen molar-refractivity contribution in [1.29, 1.82) is 5.26 Å². The fraction of sp³-hybridized carbons (Fsp3) is 0.500. The van der Waals surface area contributed by atoms with Crippen LogP contribution in [0.25, 0.3) is 0 Å². The van der Waals surface area contributed by atoms with Gasteiger partial charge in [0.25, 0.3) is 0 Å². The lowest BCUT2D eigenvalue weighted by Crippen LogP contribution is -2.24. The topological polar surface area (TPSA) is 79.9 Å². The monoisotopic (exact) mass is 220 g/mol. The van der Waals surface area contributed by atoms with E-state index >= 15 is 0 Å². The number of nitriles is 1. The van der Waals surface area contributed by atoms with Crippen LogP contribution in [0.2, 0.25) is 0 Å². The number of anilines is 1. The second-order valence-corrected chi connectivity index (χ2v) is 3.69. The van der Waals surface area contributed by atoms with E-state index in [1.165, 1.54) is 10.9 Å². The Labute approximate surface area is 92.8 Å². The molecule has 84 valence electrons. The third kappa shape index (κ3) is 1.90. The molecule has 16 heavy (non-hydrogen) atoms. The van der Waals surface area contributed by atoms with Gasteiger partial charge in [-0.1, -0.05) is 0 Å². The first-order valence-corrected chi connectivity index (χ1v) is 5.03. The minimum atomic E-state index is -0.124. The number of aryl methyl sites for hydroxylation is 1. The average molecular weight is 220 g/mol. The first kappa shape index (κ1) is 10.6. The third-order valence-corrected chi connectivity index (χ3v) is 2.60. The molecule has 0 spiro atoms. The molecule has 1 aliphatic rings. The average Bonchev–Trinajstić information content (AvgIpc) is 2.89. The molecule has 0 bridgehead atoms. The van der Waals surface area contributed by atoms with Crippen molar-refractivity contribution in [1.82, 2.24) is 9.78 Å². The van der Waals surface area contributed by atoms with E-state index < -0.39 is 0 Å². The Kier molecular flexibility index (Phi) is 2.88. The number of hydrogen-bond donors (Lipinski definition) is 1. The molecular formula is C10H12N4O2. The molecule has 6 nitrogen and oxygen atoms in total. The minimum absolute atomic E-state index is 0.113. The molecule has 0 saturated carbocycles. The molecule has 1 N–H and O–H groups in total. The zero-order chi connectivity index (χ0) is 11.5. The summed E-state index contributed by atoms with van der Waals surface area (Å²) < 4.78 is 6.61. The highest BCUT2D eigenvalue weighted by molar-refractivity contribution is 5.93. The van der Waals surface area contributed by atoms with Crippen molar-refractivity contribution in [3.05, 3.63) is 11.8 Å². The largest absolute Gasteiger partial charge is 0.381 e. The Morgan fingerprint density at radius 2 is 2.62 bits per heavy atom. The van der Waals surface area contributed by atoms with Crippen LogP contribution in [0.1, 0.15) is 12.0 Å². The summed E-state index contributed by atoms with van der Waals surface area (Å²) >= 11 is 0. The van der Waals surface area contributed by atoms with Crippen molar-refractivity contribution in [3.8, 4) is 6.07 Å². The van der Waals surface area contributed by atoms with Gasteiger partial charge in [0.2, 0.25) is 5.91 Å². The van der Waals surface area contributed by atoms with Crippen LogP contribution >= 0.6 is 0 Å². The van der Waals surface area contributed by atoms with Gasteiger partial charge in [-0.2, -0.15) is 10.4 Å². The maximum Gasteiger partial charge on any atom is 0.231 e. The Hall–Kier alpha value is -1.87. The molecule has 0 aliphatic carbocycles. The van der Waals surface area contributed by atoms with Crippen molar-refractivity contribution in [2.24, 2.45) is 13.0 Å². The van der Waals surface area contributed by atoms with Gasteiger partial charge in [-0.25, -0.2) is 0 Å². The SMILES string of the molecule is Cn1ncc(C#N)c1NC(=O)C1CCOC1. The normalized spacial score (nSPS) is 19.4. The van der Waals surface area contributed by atoms with Gasteiger partial charge in [0.1, 0.15) is 17.5 Å². The van der Waals surface area contributed by atoms with Crippen molar-refractivity contribution < 1.29 is 9.53 Å². The molecule has 1 atom stereocenters. The number of rotatable bonds is 2. The Morgan fingerprint density at radius 3 is 3.25 bits per heavy atom. The van der Waals surface area contributed by atoms with Crippen molar-refractivity contribution in [2.45, 2.75) is 6.42 Å². The second kappa shape index (κ2) is 4.33. The van der Waals surface area contributed by atoms with Crippen molar-refractivity contribution in [3.63, 3.8) is 0 Å². The lowest BCUT2D eigenvalue weighted by atomic mass is 10.1. The molecule has 0 radical (unpaired) electrons. The predicted octanol–water partition coefficient (Wildman–Crippen LogP) is 0.267.